The highest BCUT2D eigenvalue weighted by Gasteiger charge is 2.41. The molecule has 3 N–H and O–H groups in total. The van der Waals surface area contributed by atoms with E-state index in [4.69, 9.17) is 24.8 Å². The number of nitrogens with zero attached hydrogens (tertiary/aromatic N) is 3. The molecule has 6 rings (SSSR count). The quantitative estimate of drug-likeness (QED) is 0.313. The topological polar surface area (TPSA) is 116 Å². The van der Waals surface area contributed by atoms with Gasteiger partial charge in [0.05, 0.1) is 40.8 Å². The lowest BCUT2D eigenvalue weighted by Gasteiger charge is -2.17. The van der Waals surface area contributed by atoms with Gasteiger partial charge in [0, 0.05) is 52.8 Å². The number of carbonyl (C=O) groups excluding carboxylic acids is 1. The molecular formula is C35H38N4O4. The second-order valence-electron chi connectivity index (χ2n) is 11.7. The highest BCUT2D eigenvalue weighted by Crippen LogP contribution is 2.46. The SMILES string of the molecule is C=CC1=C(C)C2=NC1=CC1=NC(=CC3=C(C)C4=C(O)CC(=C5NC(=C2)[C@@H](C)[C@@H]5CCC(=O)OCCO)C4=N3)C(CC)=C1C. The standard InChI is InChI=1S/C35H38N4O4/c1-7-21-17(3)25-14-27-19(5)23(9-10-32(42)43-12-11-40)34(38-27)24-13-31(41)33-20(6)28(39-35(24)33)16-30-22(8-2)18(4)26(37-30)15-29(21)36-25/h7,14-16,19,23,38,40-41H,1,8-13H2,2-6H3/t19-,23-/m0/s1. The van der Waals surface area contributed by atoms with Crippen LogP contribution in [0.3, 0.4) is 0 Å². The maximum atomic E-state index is 12.4. The van der Waals surface area contributed by atoms with Crippen LogP contribution in [0.15, 0.2) is 119 Å². The van der Waals surface area contributed by atoms with Gasteiger partial charge in [0.2, 0.25) is 0 Å². The van der Waals surface area contributed by atoms with Crippen LogP contribution in [0.5, 0.6) is 0 Å². The first-order valence-electron chi connectivity index (χ1n) is 15.0. The molecule has 0 aromatic rings. The fourth-order valence-electron chi connectivity index (χ4n) is 6.89. The predicted octanol–water partition coefficient (Wildman–Crippen LogP) is 6.16. The summed E-state index contributed by atoms with van der Waals surface area (Å²) in [6.07, 6.45) is 9.99. The van der Waals surface area contributed by atoms with Gasteiger partial charge in [-0.3, -0.25) is 4.79 Å². The maximum Gasteiger partial charge on any atom is 0.305 e. The largest absolute Gasteiger partial charge is 0.511 e. The minimum Gasteiger partial charge on any atom is -0.511 e. The summed E-state index contributed by atoms with van der Waals surface area (Å²) in [5.41, 5.74) is 13.9. The van der Waals surface area contributed by atoms with E-state index in [1.54, 1.807) is 0 Å². The minimum absolute atomic E-state index is 0.00952. The first-order valence-corrected chi connectivity index (χ1v) is 15.0. The molecular weight excluding hydrogens is 540 g/mol. The number of fused-ring (bicyclic) bond motifs is 5. The van der Waals surface area contributed by atoms with E-state index in [1.165, 1.54) is 5.57 Å². The van der Waals surface area contributed by atoms with Crippen LogP contribution >= 0.6 is 0 Å². The van der Waals surface area contributed by atoms with Crippen LogP contribution in [-0.4, -0.2) is 46.5 Å². The Kier molecular flexibility index (Phi) is 7.42. The van der Waals surface area contributed by atoms with E-state index in [2.05, 4.69) is 45.7 Å². The van der Waals surface area contributed by atoms with Crippen LogP contribution in [-0.2, 0) is 9.53 Å². The number of carbonyl (C=O) groups is 1. The minimum atomic E-state index is -0.338. The second-order valence-corrected chi connectivity index (χ2v) is 11.7. The molecule has 8 nitrogen and oxygen atoms in total. The van der Waals surface area contributed by atoms with Crippen molar-refractivity contribution in [2.45, 2.75) is 60.3 Å². The zero-order valence-electron chi connectivity index (χ0n) is 25.5. The molecule has 222 valence electrons. The van der Waals surface area contributed by atoms with Crippen molar-refractivity contribution in [3.8, 4) is 0 Å². The summed E-state index contributed by atoms with van der Waals surface area (Å²) in [6.45, 7) is 14.3. The molecule has 1 fully saturated rings. The number of aliphatic hydroxyl groups excluding tert-OH is 2. The number of rotatable bonds is 7. The van der Waals surface area contributed by atoms with Gasteiger partial charge in [0.15, 0.2) is 0 Å². The summed E-state index contributed by atoms with van der Waals surface area (Å²) in [5, 5.41) is 24.0. The molecule has 8 bridgehead atoms. The Hall–Kier alpha value is -4.30. The van der Waals surface area contributed by atoms with Gasteiger partial charge >= 0.3 is 5.97 Å². The highest BCUT2D eigenvalue weighted by molar-refractivity contribution is 6.21. The molecule has 2 atom stereocenters. The van der Waals surface area contributed by atoms with Crippen LogP contribution in [0.2, 0.25) is 0 Å². The molecule has 0 unspecified atom stereocenters. The van der Waals surface area contributed by atoms with E-state index in [9.17, 15) is 9.90 Å². The summed E-state index contributed by atoms with van der Waals surface area (Å²) >= 11 is 0. The van der Waals surface area contributed by atoms with Crippen molar-refractivity contribution < 1.29 is 19.7 Å². The van der Waals surface area contributed by atoms with Crippen molar-refractivity contribution in [1.29, 1.82) is 0 Å². The molecule has 43 heavy (non-hydrogen) atoms. The van der Waals surface area contributed by atoms with E-state index in [1.807, 2.05) is 25.2 Å². The Morgan fingerprint density at radius 1 is 1.09 bits per heavy atom. The van der Waals surface area contributed by atoms with Gasteiger partial charge < -0.3 is 20.3 Å². The van der Waals surface area contributed by atoms with E-state index in [0.717, 1.165) is 85.5 Å². The van der Waals surface area contributed by atoms with Gasteiger partial charge in [-0.1, -0.05) is 26.5 Å². The van der Waals surface area contributed by atoms with Gasteiger partial charge in [0.25, 0.3) is 0 Å². The fraction of sp³-hybridized carbons (Fsp3) is 0.371. The number of allylic oxidation sites excluding steroid dienone is 12. The van der Waals surface area contributed by atoms with E-state index < -0.39 is 0 Å². The Labute approximate surface area is 252 Å². The first-order chi connectivity index (χ1) is 20.7. The molecule has 1 aliphatic carbocycles. The number of nitrogens with one attached hydrogen (secondary N) is 1. The fourth-order valence-corrected chi connectivity index (χ4v) is 6.89. The number of esters is 1. The molecule has 0 aromatic carbocycles. The van der Waals surface area contributed by atoms with Gasteiger partial charge in [-0.2, -0.15) is 0 Å². The summed E-state index contributed by atoms with van der Waals surface area (Å²) in [6, 6.07) is 0. The van der Waals surface area contributed by atoms with Gasteiger partial charge in [0.1, 0.15) is 12.4 Å². The van der Waals surface area contributed by atoms with Crippen LogP contribution in [0, 0.1) is 11.8 Å². The number of aliphatic hydroxyl groups is 2. The zero-order chi connectivity index (χ0) is 30.6. The summed E-state index contributed by atoms with van der Waals surface area (Å²) in [5.74, 6) is -0.0208. The van der Waals surface area contributed by atoms with Crippen LogP contribution in [0.25, 0.3) is 0 Å². The normalized spacial score (nSPS) is 24.3. The lowest BCUT2D eigenvalue weighted by molar-refractivity contribution is -0.144. The molecule has 5 aliphatic heterocycles. The van der Waals surface area contributed by atoms with Crippen LogP contribution in [0.1, 0.15) is 60.3 Å². The predicted molar refractivity (Wildman–Crippen MR) is 170 cm³/mol. The van der Waals surface area contributed by atoms with Crippen molar-refractivity contribution in [3.63, 3.8) is 0 Å². The Balaban J connectivity index is 1.54. The summed E-state index contributed by atoms with van der Waals surface area (Å²) in [7, 11) is 0. The van der Waals surface area contributed by atoms with Crippen LogP contribution < -0.4 is 5.32 Å². The third kappa shape index (κ3) is 4.74. The van der Waals surface area contributed by atoms with Crippen LogP contribution in [0.4, 0.5) is 0 Å². The monoisotopic (exact) mass is 578 g/mol. The lowest BCUT2D eigenvalue weighted by Crippen LogP contribution is -2.16. The van der Waals surface area contributed by atoms with Crippen molar-refractivity contribution in [2.24, 2.45) is 26.8 Å². The molecule has 0 spiro atoms. The molecule has 8 heteroatoms. The molecule has 0 aromatic heterocycles. The first kappa shape index (κ1) is 28.8. The Morgan fingerprint density at radius 2 is 1.84 bits per heavy atom. The van der Waals surface area contributed by atoms with Crippen molar-refractivity contribution in [1.82, 2.24) is 5.32 Å². The molecule has 0 radical (unpaired) electrons. The van der Waals surface area contributed by atoms with Gasteiger partial charge in [-0.15, -0.1) is 0 Å². The lowest BCUT2D eigenvalue weighted by atomic mass is 9.86. The molecule has 1 saturated heterocycles. The second kappa shape index (κ2) is 11.1. The Morgan fingerprint density at radius 3 is 2.56 bits per heavy atom. The highest BCUT2D eigenvalue weighted by atomic mass is 16.5. The van der Waals surface area contributed by atoms with Gasteiger partial charge in [-0.05, 0) is 74.1 Å². The van der Waals surface area contributed by atoms with E-state index >= 15 is 0 Å². The van der Waals surface area contributed by atoms with Gasteiger partial charge in [-0.25, -0.2) is 15.0 Å². The number of ether oxygens (including phenoxy) is 1. The smallest absolute Gasteiger partial charge is 0.305 e. The molecule has 5 heterocycles. The molecule has 0 saturated carbocycles. The summed E-state index contributed by atoms with van der Waals surface area (Å²) in [4.78, 5) is 27.6. The third-order valence-corrected chi connectivity index (χ3v) is 9.32. The third-order valence-electron chi connectivity index (χ3n) is 9.32. The number of hydrogen-bond donors (Lipinski definition) is 3. The maximum absolute atomic E-state index is 12.4. The average molecular weight is 579 g/mol. The molecule has 0 amide bonds. The average Bonchev–Trinajstić information content (AvgIpc) is 3.73. The molecule has 6 aliphatic rings. The van der Waals surface area contributed by atoms with Crippen molar-refractivity contribution in [3.05, 3.63) is 104 Å². The van der Waals surface area contributed by atoms with Crippen molar-refractivity contribution >= 4 is 23.1 Å². The van der Waals surface area contributed by atoms with E-state index in [0.29, 0.717) is 18.6 Å². The number of hydrogen-bond acceptors (Lipinski definition) is 8. The summed E-state index contributed by atoms with van der Waals surface area (Å²) < 4.78 is 5.16. The Bertz CT molecular complexity index is 1710. The van der Waals surface area contributed by atoms with E-state index in [-0.39, 0.29) is 37.4 Å². The number of aliphatic imine (C=N–C) groups is 3. The zero-order valence-corrected chi connectivity index (χ0v) is 25.5. The van der Waals surface area contributed by atoms with Crippen molar-refractivity contribution in [2.75, 3.05) is 13.2 Å².